The average molecular weight is 307 g/mol. The van der Waals surface area contributed by atoms with E-state index >= 15 is 0 Å². The van der Waals surface area contributed by atoms with E-state index in [1.807, 2.05) is 11.8 Å². The molecule has 114 valence electrons. The second kappa shape index (κ2) is 7.36. The molecule has 0 heterocycles. The topological polar surface area (TPSA) is 87.7 Å². The molecule has 0 saturated heterocycles. The van der Waals surface area contributed by atoms with Crippen molar-refractivity contribution < 1.29 is 10.0 Å². The number of hydrogen-bond donors (Lipinski definition) is 3. The molecule has 0 radical (unpaired) electrons. The molecule has 1 aliphatic carbocycles. The van der Waals surface area contributed by atoms with Crippen LogP contribution in [-0.2, 0) is 0 Å². The summed E-state index contributed by atoms with van der Waals surface area (Å²) in [6.07, 6.45) is 6.55. The fourth-order valence-corrected chi connectivity index (χ4v) is 3.46. The maximum atomic E-state index is 12.3. The second-order valence-corrected chi connectivity index (χ2v) is 6.40. The molecule has 0 aliphatic heterocycles. The van der Waals surface area contributed by atoms with Gasteiger partial charge in [0.2, 0.25) is 0 Å². The fourth-order valence-electron chi connectivity index (χ4n) is 2.64. The van der Waals surface area contributed by atoms with Crippen molar-refractivity contribution in [1.29, 1.82) is 0 Å². The van der Waals surface area contributed by atoms with Gasteiger partial charge in [-0.3, -0.25) is 4.79 Å². The van der Waals surface area contributed by atoms with Crippen molar-refractivity contribution in [3.63, 3.8) is 0 Å². The Labute approximate surface area is 129 Å². The Kier molecular flexibility index (Phi) is 5.50. The van der Waals surface area contributed by atoms with Crippen molar-refractivity contribution in [2.45, 2.75) is 37.0 Å². The van der Waals surface area contributed by atoms with E-state index in [1.54, 1.807) is 24.3 Å². The summed E-state index contributed by atoms with van der Waals surface area (Å²) in [5, 5.41) is 15.4. The molecular weight excluding hydrogens is 286 g/mol. The van der Waals surface area contributed by atoms with Crippen molar-refractivity contribution in [3.05, 3.63) is 35.4 Å². The van der Waals surface area contributed by atoms with Crippen LogP contribution in [-0.4, -0.2) is 34.5 Å². The molecule has 1 aromatic rings. The molecule has 1 aromatic carbocycles. The fraction of sp³-hybridized carbons (Fsp3) is 0.467. The van der Waals surface area contributed by atoms with Gasteiger partial charge in [-0.05, 0) is 37.7 Å². The molecule has 2 atom stereocenters. The molecule has 5 nitrogen and oxygen atoms in total. The first-order chi connectivity index (χ1) is 10.1. The van der Waals surface area contributed by atoms with E-state index in [9.17, 15) is 4.79 Å². The van der Waals surface area contributed by atoms with E-state index < -0.39 is 0 Å². The number of oxime groups is 1. The van der Waals surface area contributed by atoms with E-state index in [4.69, 9.17) is 10.9 Å². The van der Waals surface area contributed by atoms with Gasteiger partial charge in [0.1, 0.15) is 0 Å². The van der Waals surface area contributed by atoms with E-state index in [2.05, 4.69) is 16.7 Å². The number of hydrogen-bond acceptors (Lipinski definition) is 4. The Morgan fingerprint density at radius 2 is 2.19 bits per heavy atom. The zero-order valence-corrected chi connectivity index (χ0v) is 12.9. The van der Waals surface area contributed by atoms with Gasteiger partial charge >= 0.3 is 0 Å². The Hall–Kier alpha value is -1.69. The molecule has 0 aromatic heterocycles. The highest BCUT2D eigenvalue weighted by atomic mass is 32.2. The summed E-state index contributed by atoms with van der Waals surface area (Å²) in [7, 11) is 0. The van der Waals surface area contributed by atoms with Gasteiger partial charge in [-0.25, -0.2) is 0 Å². The van der Waals surface area contributed by atoms with Crippen molar-refractivity contribution in [1.82, 2.24) is 5.32 Å². The third-order valence-electron chi connectivity index (χ3n) is 3.82. The lowest BCUT2D eigenvalue weighted by atomic mass is 9.94. The molecule has 1 amide bonds. The van der Waals surface area contributed by atoms with Gasteiger partial charge in [0, 0.05) is 22.4 Å². The van der Waals surface area contributed by atoms with Gasteiger partial charge in [-0.2, -0.15) is 11.8 Å². The van der Waals surface area contributed by atoms with E-state index in [0.29, 0.717) is 16.4 Å². The Morgan fingerprint density at radius 1 is 1.43 bits per heavy atom. The maximum Gasteiger partial charge on any atom is 0.251 e. The summed E-state index contributed by atoms with van der Waals surface area (Å²) in [4.78, 5) is 12.3. The monoisotopic (exact) mass is 307 g/mol. The highest BCUT2D eigenvalue weighted by Gasteiger charge is 2.23. The summed E-state index contributed by atoms with van der Waals surface area (Å²) in [5.41, 5.74) is 6.62. The first-order valence-corrected chi connectivity index (χ1v) is 8.34. The minimum Gasteiger partial charge on any atom is -0.409 e. The Balaban J connectivity index is 2.03. The lowest BCUT2D eigenvalue weighted by molar-refractivity contribution is 0.0928. The molecule has 6 heteroatoms. The van der Waals surface area contributed by atoms with Crippen LogP contribution in [0.25, 0.3) is 0 Å². The van der Waals surface area contributed by atoms with Crippen LogP contribution in [0.4, 0.5) is 0 Å². The number of benzene rings is 1. The summed E-state index contributed by atoms with van der Waals surface area (Å²) in [6, 6.07) is 7.04. The Morgan fingerprint density at radius 3 is 2.90 bits per heavy atom. The van der Waals surface area contributed by atoms with Crippen LogP contribution >= 0.6 is 11.8 Å². The van der Waals surface area contributed by atoms with E-state index in [-0.39, 0.29) is 17.8 Å². The quantitative estimate of drug-likeness (QED) is 0.344. The molecule has 1 aliphatic rings. The van der Waals surface area contributed by atoms with Gasteiger partial charge < -0.3 is 16.3 Å². The van der Waals surface area contributed by atoms with Crippen LogP contribution in [0.15, 0.2) is 29.4 Å². The van der Waals surface area contributed by atoms with Crippen LogP contribution in [0, 0.1) is 0 Å². The third-order valence-corrected chi connectivity index (χ3v) is 4.92. The zero-order chi connectivity index (χ0) is 15.2. The van der Waals surface area contributed by atoms with Crippen molar-refractivity contribution in [2.24, 2.45) is 10.9 Å². The van der Waals surface area contributed by atoms with Gasteiger partial charge in [0.25, 0.3) is 5.91 Å². The first-order valence-electron chi connectivity index (χ1n) is 7.05. The number of nitrogens with two attached hydrogens (primary N) is 1. The van der Waals surface area contributed by atoms with Crippen LogP contribution in [0.1, 0.15) is 41.6 Å². The average Bonchev–Trinajstić information content (AvgIpc) is 2.54. The standard InChI is InChI=1S/C15H21N3O2S/c1-21-13-7-3-6-12(9-13)17-15(19)11-5-2-4-10(8-11)14(16)18-20/h2,4-5,8,12-13,20H,3,6-7,9H2,1H3,(H2,16,18)(H,17,19). The maximum absolute atomic E-state index is 12.3. The molecule has 1 fully saturated rings. The SMILES string of the molecule is CSC1CCCC(NC(=O)c2cccc(/C(N)=N/O)c2)C1. The van der Waals surface area contributed by atoms with Crippen LogP contribution in [0.5, 0.6) is 0 Å². The summed E-state index contributed by atoms with van der Waals surface area (Å²) >= 11 is 1.87. The number of amides is 1. The number of rotatable bonds is 4. The van der Waals surface area contributed by atoms with Crippen molar-refractivity contribution in [2.75, 3.05) is 6.26 Å². The van der Waals surface area contributed by atoms with Crippen molar-refractivity contribution >= 4 is 23.5 Å². The molecule has 2 unspecified atom stereocenters. The smallest absolute Gasteiger partial charge is 0.251 e. The van der Waals surface area contributed by atoms with Gasteiger partial charge in [0.15, 0.2) is 5.84 Å². The van der Waals surface area contributed by atoms with E-state index in [1.165, 1.54) is 6.42 Å². The number of carbonyl (C=O) groups is 1. The minimum absolute atomic E-state index is 0.00441. The lowest BCUT2D eigenvalue weighted by Gasteiger charge is -2.28. The number of nitrogens with one attached hydrogen (secondary N) is 1. The van der Waals surface area contributed by atoms with Gasteiger partial charge in [0.05, 0.1) is 0 Å². The molecule has 0 spiro atoms. The summed E-state index contributed by atoms with van der Waals surface area (Å²) in [5.74, 6) is -0.0980. The number of carbonyl (C=O) groups excluding carboxylic acids is 1. The molecular formula is C15H21N3O2S. The first kappa shape index (κ1) is 15.7. The molecule has 0 bridgehead atoms. The van der Waals surface area contributed by atoms with Crippen molar-refractivity contribution in [3.8, 4) is 0 Å². The number of amidine groups is 1. The highest BCUT2D eigenvalue weighted by Crippen LogP contribution is 2.27. The molecule has 4 N–H and O–H groups in total. The highest BCUT2D eigenvalue weighted by molar-refractivity contribution is 7.99. The largest absolute Gasteiger partial charge is 0.409 e. The van der Waals surface area contributed by atoms with Crippen LogP contribution < -0.4 is 11.1 Å². The second-order valence-electron chi connectivity index (χ2n) is 5.26. The minimum atomic E-state index is -0.102. The van der Waals surface area contributed by atoms with Crippen LogP contribution in [0.2, 0.25) is 0 Å². The summed E-state index contributed by atoms with van der Waals surface area (Å²) < 4.78 is 0. The number of thioether (sulfide) groups is 1. The predicted molar refractivity (Wildman–Crippen MR) is 86.0 cm³/mol. The predicted octanol–water partition coefficient (Wildman–Crippen LogP) is 2.19. The molecule has 1 saturated carbocycles. The third kappa shape index (κ3) is 4.14. The van der Waals surface area contributed by atoms with E-state index in [0.717, 1.165) is 19.3 Å². The van der Waals surface area contributed by atoms with Crippen LogP contribution in [0.3, 0.4) is 0 Å². The molecule has 21 heavy (non-hydrogen) atoms. The number of nitrogens with zero attached hydrogens (tertiary/aromatic N) is 1. The lowest BCUT2D eigenvalue weighted by Crippen LogP contribution is -2.39. The zero-order valence-electron chi connectivity index (χ0n) is 12.1. The molecule has 2 rings (SSSR count). The normalized spacial score (nSPS) is 22.8. The van der Waals surface area contributed by atoms with Gasteiger partial charge in [-0.1, -0.05) is 23.7 Å². The Bertz CT molecular complexity index is 533. The summed E-state index contributed by atoms with van der Waals surface area (Å²) in [6.45, 7) is 0. The van der Waals surface area contributed by atoms with Gasteiger partial charge in [-0.15, -0.1) is 0 Å².